The molecule has 0 saturated heterocycles. The number of carbonyl (C=O) groups excluding carboxylic acids is 1. The first kappa shape index (κ1) is 12.1. The van der Waals surface area contributed by atoms with Crippen LogP contribution < -0.4 is 0 Å². The minimum absolute atomic E-state index is 0.172. The van der Waals surface area contributed by atoms with Crippen molar-refractivity contribution < 1.29 is 14.6 Å². The lowest BCUT2D eigenvalue weighted by molar-refractivity contribution is -0.140. The molecule has 3 heteroatoms. The number of benzene rings is 1. The Hall–Kier alpha value is -1.95. The highest BCUT2D eigenvalue weighted by atomic mass is 16.5. The molecule has 0 spiro atoms. The van der Waals surface area contributed by atoms with Crippen molar-refractivity contribution in [1.82, 2.24) is 0 Å². The molecule has 0 aromatic heterocycles. The van der Waals surface area contributed by atoms with E-state index in [0.717, 1.165) is 5.56 Å². The first-order chi connectivity index (χ1) is 7.67. The van der Waals surface area contributed by atoms with Crippen molar-refractivity contribution >= 4 is 5.97 Å². The minimum Gasteiger partial charge on any atom is -0.508 e. The van der Waals surface area contributed by atoms with Crippen molar-refractivity contribution in [1.29, 1.82) is 0 Å². The van der Waals surface area contributed by atoms with E-state index in [1.165, 1.54) is 7.11 Å². The maximum Gasteiger partial charge on any atom is 0.307 e. The number of hydrogen-bond acceptors (Lipinski definition) is 3. The van der Waals surface area contributed by atoms with Gasteiger partial charge in [-0.1, -0.05) is 18.1 Å². The molecule has 0 heterocycles. The van der Waals surface area contributed by atoms with E-state index in [1.807, 2.05) is 6.07 Å². The molecule has 1 rings (SSSR count). The number of methoxy groups -OCH3 is 1. The fraction of sp³-hybridized carbons (Fsp3) is 0.308. The number of ether oxygens (including phenoxy) is 1. The molecule has 0 amide bonds. The Kier molecular flexibility index (Phi) is 4.41. The van der Waals surface area contributed by atoms with Gasteiger partial charge in [-0.05, 0) is 24.6 Å². The fourth-order valence-electron chi connectivity index (χ4n) is 1.42. The smallest absolute Gasteiger partial charge is 0.307 e. The van der Waals surface area contributed by atoms with Crippen LogP contribution in [0.15, 0.2) is 24.3 Å². The molecule has 0 saturated carbocycles. The van der Waals surface area contributed by atoms with E-state index in [4.69, 9.17) is 0 Å². The van der Waals surface area contributed by atoms with E-state index in [2.05, 4.69) is 16.6 Å². The summed E-state index contributed by atoms with van der Waals surface area (Å²) in [4.78, 5) is 11.2. The fourth-order valence-corrected chi connectivity index (χ4v) is 1.42. The van der Waals surface area contributed by atoms with Crippen molar-refractivity contribution in [3.05, 3.63) is 29.8 Å². The van der Waals surface area contributed by atoms with Crippen LogP contribution in [-0.4, -0.2) is 18.2 Å². The van der Waals surface area contributed by atoms with Crippen molar-refractivity contribution in [2.24, 2.45) is 0 Å². The number of phenolic OH excluding ortho intramolecular Hbond substituents is 1. The largest absolute Gasteiger partial charge is 0.508 e. The summed E-state index contributed by atoms with van der Waals surface area (Å²) in [5, 5.41) is 9.36. The first-order valence-electron chi connectivity index (χ1n) is 4.95. The quantitative estimate of drug-likeness (QED) is 0.624. The molecular formula is C13H14O3. The highest BCUT2D eigenvalue weighted by Gasteiger charge is 2.14. The molecule has 16 heavy (non-hydrogen) atoms. The van der Waals surface area contributed by atoms with Crippen molar-refractivity contribution in [3.8, 4) is 17.6 Å². The normalized spacial score (nSPS) is 11.1. The third-order valence-corrected chi connectivity index (χ3v) is 2.19. The molecule has 84 valence electrons. The lowest BCUT2D eigenvalue weighted by Gasteiger charge is -2.09. The average Bonchev–Trinajstić information content (AvgIpc) is 2.28. The van der Waals surface area contributed by atoms with Gasteiger partial charge in [-0.25, -0.2) is 0 Å². The van der Waals surface area contributed by atoms with Crippen LogP contribution >= 0.6 is 0 Å². The summed E-state index contributed by atoms with van der Waals surface area (Å²) >= 11 is 0. The predicted octanol–water partition coefficient (Wildman–Crippen LogP) is 2.06. The van der Waals surface area contributed by atoms with Gasteiger partial charge in [0, 0.05) is 0 Å². The van der Waals surface area contributed by atoms with Crippen LogP contribution in [-0.2, 0) is 9.53 Å². The van der Waals surface area contributed by atoms with Crippen LogP contribution in [0, 0.1) is 11.8 Å². The highest BCUT2D eigenvalue weighted by Crippen LogP contribution is 2.22. The summed E-state index contributed by atoms with van der Waals surface area (Å²) in [5.41, 5.74) is 0.819. The third-order valence-electron chi connectivity index (χ3n) is 2.19. The zero-order chi connectivity index (χ0) is 12.0. The molecular weight excluding hydrogens is 204 g/mol. The lowest BCUT2D eigenvalue weighted by atomic mass is 9.96. The van der Waals surface area contributed by atoms with Gasteiger partial charge in [0.2, 0.25) is 0 Å². The van der Waals surface area contributed by atoms with Crippen molar-refractivity contribution in [2.75, 3.05) is 7.11 Å². The number of carbonyl (C=O) groups is 1. The topological polar surface area (TPSA) is 46.5 Å². The molecule has 0 radical (unpaired) electrons. The summed E-state index contributed by atoms with van der Waals surface area (Å²) < 4.78 is 4.61. The van der Waals surface area contributed by atoms with E-state index in [9.17, 15) is 9.90 Å². The van der Waals surface area contributed by atoms with Crippen LogP contribution in [0.2, 0.25) is 0 Å². The van der Waals surface area contributed by atoms with E-state index in [1.54, 1.807) is 25.1 Å². The first-order valence-corrected chi connectivity index (χ1v) is 4.95. The molecule has 0 unspecified atom stereocenters. The molecule has 1 aromatic carbocycles. The van der Waals surface area contributed by atoms with Crippen molar-refractivity contribution in [3.63, 3.8) is 0 Å². The standard InChI is InChI=1S/C13H14O3/c1-3-5-10(9-13(15)16-2)11-6-4-7-12(14)8-11/h4,6-8,10,14H,9H2,1-2H3/t10-/m1/s1. The SMILES string of the molecule is CC#C[C@H](CC(=O)OC)c1cccc(O)c1. The molecule has 0 bridgehead atoms. The highest BCUT2D eigenvalue weighted by molar-refractivity contribution is 5.71. The molecule has 0 aliphatic heterocycles. The van der Waals surface area contributed by atoms with Gasteiger partial charge < -0.3 is 9.84 Å². The van der Waals surface area contributed by atoms with E-state index >= 15 is 0 Å². The maximum absolute atomic E-state index is 11.2. The Bertz CT molecular complexity index is 426. The van der Waals surface area contributed by atoms with E-state index in [0.29, 0.717) is 0 Å². The van der Waals surface area contributed by atoms with Gasteiger partial charge in [-0.3, -0.25) is 4.79 Å². The van der Waals surface area contributed by atoms with Gasteiger partial charge in [-0.2, -0.15) is 0 Å². The second-order valence-electron chi connectivity index (χ2n) is 3.32. The van der Waals surface area contributed by atoms with Crippen LogP contribution in [0.1, 0.15) is 24.8 Å². The van der Waals surface area contributed by atoms with Crippen LogP contribution in [0.4, 0.5) is 0 Å². The molecule has 1 atom stereocenters. The number of hydrogen-bond donors (Lipinski definition) is 1. The molecule has 3 nitrogen and oxygen atoms in total. The lowest BCUT2D eigenvalue weighted by Crippen LogP contribution is -2.07. The number of aromatic hydroxyl groups is 1. The van der Waals surface area contributed by atoms with Gasteiger partial charge in [0.25, 0.3) is 0 Å². The van der Waals surface area contributed by atoms with Crippen molar-refractivity contribution in [2.45, 2.75) is 19.3 Å². The number of esters is 1. The summed E-state index contributed by atoms with van der Waals surface area (Å²) in [5.74, 6) is 5.34. The molecule has 1 N–H and O–H groups in total. The Morgan fingerprint density at radius 2 is 2.31 bits per heavy atom. The zero-order valence-corrected chi connectivity index (χ0v) is 9.36. The monoisotopic (exact) mass is 218 g/mol. The third kappa shape index (κ3) is 3.32. The molecule has 0 aliphatic carbocycles. The Morgan fingerprint density at radius 3 is 2.88 bits per heavy atom. The predicted molar refractivity (Wildman–Crippen MR) is 60.9 cm³/mol. The van der Waals surface area contributed by atoms with Crippen LogP contribution in [0.3, 0.4) is 0 Å². The minimum atomic E-state index is -0.309. The number of rotatable bonds is 3. The second-order valence-corrected chi connectivity index (χ2v) is 3.32. The van der Waals surface area contributed by atoms with Gasteiger partial charge in [0.15, 0.2) is 0 Å². The zero-order valence-electron chi connectivity index (χ0n) is 9.36. The molecule has 0 fully saturated rings. The summed E-state index contributed by atoms with van der Waals surface area (Å²) in [6, 6.07) is 6.75. The van der Waals surface area contributed by atoms with E-state index < -0.39 is 0 Å². The van der Waals surface area contributed by atoms with Crippen LogP contribution in [0.25, 0.3) is 0 Å². The maximum atomic E-state index is 11.2. The Morgan fingerprint density at radius 1 is 1.56 bits per heavy atom. The van der Waals surface area contributed by atoms with Gasteiger partial charge in [0.1, 0.15) is 5.75 Å². The summed E-state index contributed by atoms with van der Waals surface area (Å²) in [7, 11) is 1.35. The molecule has 0 aliphatic rings. The van der Waals surface area contributed by atoms with Crippen LogP contribution in [0.5, 0.6) is 5.75 Å². The Balaban J connectivity index is 2.92. The number of phenols is 1. The van der Waals surface area contributed by atoms with Gasteiger partial charge >= 0.3 is 5.97 Å². The van der Waals surface area contributed by atoms with Gasteiger partial charge in [-0.15, -0.1) is 5.92 Å². The average molecular weight is 218 g/mol. The molecule has 1 aromatic rings. The second kappa shape index (κ2) is 5.82. The van der Waals surface area contributed by atoms with Gasteiger partial charge in [0.05, 0.1) is 19.4 Å². The Labute approximate surface area is 95.1 Å². The van der Waals surface area contributed by atoms with E-state index in [-0.39, 0.29) is 24.1 Å². The summed E-state index contributed by atoms with van der Waals surface area (Å²) in [6.45, 7) is 1.72. The summed E-state index contributed by atoms with van der Waals surface area (Å²) in [6.07, 6.45) is 0.195.